The van der Waals surface area contributed by atoms with Gasteiger partial charge in [0.15, 0.2) is 0 Å². The van der Waals surface area contributed by atoms with E-state index in [1.165, 1.54) is 4.67 Å². The molecule has 3 rings (SSSR count). The maximum atomic E-state index is 13.7. The number of carbonyl (C=O) groups is 2. The molecule has 1 aromatic carbocycles. The van der Waals surface area contributed by atoms with Gasteiger partial charge in [0, 0.05) is 18.8 Å². The van der Waals surface area contributed by atoms with Crippen LogP contribution in [0.2, 0.25) is 0 Å². The summed E-state index contributed by atoms with van der Waals surface area (Å²) in [5.74, 6) is -0.532. The zero-order valence-electron chi connectivity index (χ0n) is 15.5. The van der Waals surface area contributed by atoms with Crippen LogP contribution in [-0.4, -0.2) is 36.4 Å². The van der Waals surface area contributed by atoms with E-state index in [1.54, 1.807) is 13.8 Å². The minimum Gasteiger partial charge on any atom is -0.463 e. The number of rotatable bonds is 4. The largest absolute Gasteiger partial charge is 0.463 e. The van der Waals surface area contributed by atoms with Gasteiger partial charge in [0.2, 0.25) is 0 Å². The second-order valence-electron chi connectivity index (χ2n) is 6.45. The van der Waals surface area contributed by atoms with Crippen LogP contribution >= 0.6 is 7.59 Å². The first-order chi connectivity index (χ1) is 13.0. The van der Waals surface area contributed by atoms with Gasteiger partial charge in [-0.3, -0.25) is 4.57 Å². The topological polar surface area (TPSA) is 99.8 Å². The summed E-state index contributed by atoms with van der Waals surface area (Å²) < 4.78 is 20.2. The fourth-order valence-electron chi connectivity index (χ4n) is 3.36. The molecule has 2 amide bonds. The lowest BCUT2D eigenvalue weighted by atomic mass is 9.95. The van der Waals surface area contributed by atoms with Crippen LogP contribution in [0.5, 0.6) is 0 Å². The van der Waals surface area contributed by atoms with E-state index in [0.717, 1.165) is 12.8 Å². The highest BCUT2D eigenvalue weighted by molar-refractivity contribution is 7.58. The van der Waals surface area contributed by atoms with Crippen molar-refractivity contribution in [3.05, 3.63) is 47.2 Å². The van der Waals surface area contributed by atoms with Crippen LogP contribution in [-0.2, 0) is 14.1 Å². The van der Waals surface area contributed by atoms with Gasteiger partial charge in [-0.15, -0.1) is 0 Å². The summed E-state index contributed by atoms with van der Waals surface area (Å²) in [5, 5.41) is 8.67. The Bertz CT molecular complexity index is 784. The Hall–Kier alpha value is -2.15. The molecule has 0 saturated carbocycles. The summed E-state index contributed by atoms with van der Waals surface area (Å²) in [6.45, 7) is 4.63. The number of nitrogens with zero attached hydrogens (tertiary/aromatic N) is 1. The normalized spacial score (nSPS) is 22.8. The molecule has 0 radical (unpaired) electrons. The fourth-order valence-corrected chi connectivity index (χ4v) is 5.58. The molecule has 2 aliphatic rings. The highest BCUT2D eigenvalue weighted by Crippen LogP contribution is 2.51. The second kappa shape index (κ2) is 8.25. The third kappa shape index (κ3) is 3.93. The van der Waals surface area contributed by atoms with Crippen molar-refractivity contribution in [1.29, 1.82) is 0 Å². The molecule has 0 spiro atoms. The van der Waals surface area contributed by atoms with Crippen LogP contribution in [0.15, 0.2) is 41.6 Å². The molecule has 1 saturated heterocycles. The molecule has 1 atom stereocenters. The van der Waals surface area contributed by atoms with Gasteiger partial charge in [0.05, 0.1) is 12.2 Å². The molecule has 3 N–H and O–H groups in total. The second-order valence-corrected chi connectivity index (χ2v) is 8.66. The predicted molar refractivity (Wildman–Crippen MR) is 102 cm³/mol. The average molecular weight is 392 g/mol. The Morgan fingerprint density at radius 1 is 1.22 bits per heavy atom. The van der Waals surface area contributed by atoms with Crippen molar-refractivity contribution >= 4 is 19.6 Å². The summed E-state index contributed by atoms with van der Waals surface area (Å²) in [6, 6.07) is 7.79. The summed E-state index contributed by atoms with van der Waals surface area (Å²) >= 11 is 0. The van der Waals surface area contributed by atoms with Gasteiger partial charge in [0.25, 0.3) is 0 Å². The highest BCUT2D eigenvalue weighted by atomic mass is 31.2. The van der Waals surface area contributed by atoms with Crippen LogP contribution < -0.4 is 15.5 Å². The maximum absolute atomic E-state index is 13.7. The molecule has 2 aliphatic heterocycles. The molecule has 0 bridgehead atoms. The first kappa shape index (κ1) is 19.6. The number of benzene rings is 1. The third-order valence-corrected chi connectivity index (χ3v) is 6.92. The predicted octanol–water partition coefficient (Wildman–Crippen LogP) is 2.67. The maximum Gasteiger partial charge on any atom is 0.338 e. The molecular formula is C18H25N4O4P. The number of ether oxygens (including phenoxy) is 1. The van der Waals surface area contributed by atoms with Crippen molar-refractivity contribution in [3.8, 4) is 0 Å². The Labute approximate surface area is 158 Å². The van der Waals surface area contributed by atoms with E-state index in [0.29, 0.717) is 24.4 Å². The number of urea groups is 1. The molecule has 9 heteroatoms. The molecule has 1 aromatic rings. The van der Waals surface area contributed by atoms with Crippen molar-refractivity contribution < 1.29 is 18.9 Å². The number of hydrogen-bond donors (Lipinski definition) is 3. The van der Waals surface area contributed by atoms with Crippen molar-refractivity contribution in [2.24, 2.45) is 0 Å². The van der Waals surface area contributed by atoms with Crippen molar-refractivity contribution in [3.63, 3.8) is 0 Å². The Balaban J connectivity index is 2.14. The monoisotopic (exact) mass is 392 g/mol. The SMILES string of the molecule is CCOC(=O)C1=C(C)NC(=O)N(P2(=O)NCCCCN2)C1c1ccccc1. The molecule has 0 aliphatic carbocycles. The first-order valence-corrected chi connectivity index (χ1v) is 10.8. The zero-order valence-corrected chi connectivity index (χ0v) is 16.4. The van der Waals surface area contributed by atoms with Crippen molar-refractivity contribution in [1.82, 2.24) is 20.2 Å². The van der Waals surface area contributed by atoms with E-state index in [2.05, 4.69) is 15.5 Å². The van der Waals surface area contributed by atoms with E-state index in [4.69, 9.17) is 4.74 Å². The van der Waals surface area contributed by atoms with Gasteiger partial charge in [-0.1, -0.05) is 30.3 Å². The average Bonchev–Trinajstić information content (AvgIpc) is 2.87. The lowest BCUT2D eigenvalue weighted by molar-refractivity contribution is -0.139. The van der Waals surface area contributed by atoms with Gasteiger partial charge >= 0.3 is 19.6 Å². The number of amides is 2. The first-order valence-electron chi connectivity index (χ1n) is 9.11. The molecule has 2 heterocycles. The Kier molecular flexibility index (Phi) is 5.99. The van der Waals surface area contributed by atoms with Crippen LogP contribution in [0.25, 0.3) is 0 Å². The Morgan fingerprint density at radius 2 is 1.85 bits per heavy atom. The minimum atomic E-state index is -3.45. The van der Waals surface area contributed by atoms with E-state index in [9.17, 15) is 14.2 Å². The van der Waals surface area contributed by atoms with Crippen LogP contribution in [0.4, 0.5) is 4.79 Å². The van der Waals surface area contributed by atoms with Crippen molar-refractivity contribution in [2.75, 3.05) is 19.7 Å². The highest BCUT2D eigenvalue weighted by Gasteiger charge is 2.47. The molecular weight excluding hydrogens is 367 g/mol. The van der Waals surface area contributed by atoms with Gasteiger partial charge < -0.3 is 10.1 Å². The van der Waals surface area contributed by atoms with Crippen LogP contribution in [0.1, 0.15) is 38.3 Å². The summed E-state index contributed by atoms with van der Waals surface area (Å²) in [7, 11) is -3.45. The Morgan fingerprint density at radius 3 is 2.44 bits per heavy atom. The van der Waals surface area contributed by atoms with E-state index < -0.39 is 25.6 Å². The van der Waals surface area contributed by atoms with Crippen LogP contribution in [0, 0.1) is 0 Å². The number of carbonyl (C=O) groups excluding carboxylic acids is 2. The van der Waals surface area contributed by atoms with E-state index in [-0.39, 0.29) is 12.2 Å². The lowest BCUT2D eigenvalue weighted by Gasteiger charge is -2.41. The quantitative estimate of drug-likeness (QED) is 0.538. The van der Waals surface area contributed by atoms with Gasteiger partial charge in [-0.2, -0.15) is 0 Å². The van der Waals surface area contributed by atoms with Gasteiger partial charge in [0.1, 0.15) is 6.04 Å². The lowest BCUT2D eigenvalue weighted by Crippen LogP contribution is -2.50. The third-order valence-electron chi connectivity index (χ3n) is 4.59. The molecule has 1 unspecified atom stereocenters. The summed E-state index contributed by atoms with van der Waals surface area (Å²) in [4.78, 5) is 25.6. The van der Waals surface area contributed by atoms with Crippen molar-refractivity contribution in [2.45, 2.75) is 32.7 Å². The summed E-state index contributed by atoms with van der Waals surface area (Å²) in [6.07, 6.45) is 1.70. The minimum absolute atomic E-state index is 0.208. The van der Waals surface area contributed by atoms with E-state index in [1.807, 2.05) is 30.3 Å². The van der Waals surface area contributed by atoms with Gasteiger partial charge in [-0.05, 0) is 32.3 Å². The molecule has 27 heavy (non-hydrogen) atoms. The number of allylic oxidation sites excluding steroid dienone is 1. The number of esters is 1. The summed E-state index contributed by atoms with van der Waals surface area (Å²) in [5.41, 5.74) is 1.38. The van der Waals surface area contributed by atoms with Gasteiger partial charge in [-0.25, -0.2) is 24.4 Å². The van der Waals surface area contributed by atoms with E-state index >= 15 is 0 Å². The fraction of sp³-hybridized carbons (Fsp3) is 0.444. The molecule has 146 valence electrons. The standard InChI is InChI=1S/C18H25N4O4P/c1-3-26-17(23)15-13(2)21-18(24)22(16(15)14-9-5-4-6-10-14)27(25)19-11-7-8-12-20-27/h4-6,9-10,16H,3,7-8,11-12H2,1-2H3,(H,21,24)(H2,19,20,25). The number of hydrogen-bond acceptors (Lipinski definition) is 4. The van der Waals surface area contributed by atoms with Crippen LogP contribution in [0.3, 0.4) is 0 Å². The number of nitrogens with one attached hydrogen (secondary N) is 3. The molecule has 8 nitrogen and oxygen atoms in total. The molecule has 0 aromatic heterocycles. The smallest absolute Gasteiger partial charge is 0.338 e. The zero-order chi connectivity index (χ0) is 19.4. The molecule has 1 fully saturated rings.